The number of nitrogens with zero attached hydrogens (tertiary/aromatic N) is 1. The van der Waals surface area contributed by atoms with Gasteiger partial charge in [-0.15, -0.1) is 0 Å². The van der Waals surface area contributed by atoms with Gasteiger partial charge in [0, 0.05) is 12.7 Å². The number of carboxylic acids is 1. The van der Waals surface area contributed by atoms with Crippen molar-refractivity contribution in [3.8, 4) is 6.07 Å². The number of carbonyl (C=O) groups excluding carboxylic acids is 2. The van der Waals surface area contributed by atoms with Gasteiger partial charge in [0.25, 0.3) is 5.91 Å². The minimum atomic E-state index is -1.20. The summed E-state index contributed by atoms with van der Waals surface area (Å²) in [6.45, 7) is 1.47. The average Bonchev–Trinajstić information content (AvgIpc) is 2.37. The van der Waals surface area contributed by atoms with Gasteiger partial charge >= 0.3 is 11.9 Å². The number of ether oxygens (including phenoxy) is 1. The van der Waals surface area contributed by atoms with E-state index in [1.165, 1.54) is 14.0 Å². The molecular formula is C11H15N3O5. The Morgan fingerprint density at radius 1 is 1.47 bits per heavy atom. The lowest BCUT2D eigenvalue weighted by Gasteiger charge is -2.08. The fraction of sp³-hybridized carbons (Fsp3) is 0.455. The Balaban J connectivity index is 4.33. The molecule has 0 aliphatic carbocycles. The van der Waals surface area contributed by atoms with Gasteiger partial charge in [-0.1, -0.05) is 0 Å². The normalized spacial score (nSPS) is 11.9. The van der Waals surface area contributed by atoms with Crippen LogP contribution >= 0.6 is 0 Å². The number of esters is 1. The van der Waals surface area contributed by atoms with E-state index in [0.29, 0.717) is 0 Å². The van der Waals surface area contributed by atoms with Gasteiger partial charge in [0.2, 0.25) is 0 Å². The molecule has 0 aromatic rings. The Bertz CT molecular complexity index is 425. The van der Waals surface area contributed by atoms with Crippen molar-refractivity contribution in [2.75, 3.05) is 13.7 Å². The second kappa shape index (κ2) is 8.52. The molecule has 0 radical (unpaired) electrons. The highest BCUT2D eigenvalue weighted by atomic mass is 16.5. The van der Waals surface area contributed by atoms with Crippen molar-refractivity contribution in [2.45, 2.75) is 19.4 Å². The Hall–Kier alpha value is -2.56. The van der Waals surface area contributed by atoms with E-state index in [9.17, 15) is 14.4 Å². The van der Waals surface area contributed by atoms with Crippen LogP contribution in [0.25, 0.3) is 0 Å². The second-order valence-electron chi connectivity index (χ2n) is 3.48. The van der Waals surface area contributed by atoms with E-state index in [1.54, 1.807) is 6.07 Å². The molecule has 0 aromatic heterocycles. The summed E-state index contributed by atoms with van der Waals surface area (Å²) in [7, 11) is 1.25. The lowest BCUT2D eigenvalue weighted by molar-refractivity contribution is -0.141. The number of rotatable bonds is 7. The molecule has 3 N–H and O–H groups in total. The Morgan fingerprint density at radius 2 is 2.11 bits per heavy atom. The largest absolute Gasteiger partial charge is 0.480 e. The summed E-state index contributed by atoms with van der Waals surface area (Å²) in [5, 5.41) is 22.1. The topological polar surface area (TPSA) is 129 Å². The summed E-state index contributed by atoms with van der Waals surface area (Å²) >= 11 is 0. The van der Waals surface area contributed by atoms with Crippen LogP contribution in [0.3, 0.4) is 0 Å². The fourth-order valence-corrected chi connectivity index (χ4v) is 0.935. The Labute approximate surface area is 110 Å². The second-order valence-corrected chi connectivity index (χ2v) is 3.48. The summed E-state index contributed by atoms with van der Waals surface area (Å²) in [4.78, 5) is 32.8. The van der Waals surface area contributed by atoms with E-state index < -0.39 is 23.9 Å². The summed E-state index contributed by atoms with van der Waals surface area (Å²) in [6.07, 6.45) is 1.20. The van der Waals surface area contributed by atoms with E-state index in [1.807, 2.05) is 0 Å². The van der Waals surface area contributed by atoms with Crippen LogP contribution in [-0.2, 0) is 19.1 Å². The number of carboxylic acid groups (broad SMARTS) is 1. The first-order valence-corrected chi connectivity index (χ1v) is 5.36. The zero-order valence-electron chi connectivity index (χ0n) is 10.6. The third kappa shape index (κ3) is 6.68. The number of nitrogens with one attached hydrogen (secondary N) is 2. The van der Waals surface area contributed by atoms with Gasteiger partial charge in [0.1, 0.15) is 17.7 Å². The summed E-state index contributed by atoms with van der Waals surface area (Å²) in [5.74, 6) is -2.43. The lowest BCUT2D eigenvalue weighted by atomic mass is 10.2. The smallest absolute Gasteiger partial charge is 0.325 e. The maximum atomic E-state index is 11.5. The molecule has 0 aliphatic rings. The molecule has 0 bridgehead atoms. The van der Waals surface area contributed by atoms with Crippen molar-refractivity contribution >= 4 is 17.8 Å². The summed E-state index contributed by atoms with van der Waals surface area (Å²) < 4.78 is 4.40. The van der Waals surface area contributed by atoms with Gasteiger partial charge in [0.05, 0.1) is 13.5 Å². The molecule has 8 nitrogen and oxygen atoms in total. The Morgan fingerprint density at radius 3 is 2.58 bits per heavy atom. The maximum absolute atomic E-state index is 11.5. The Kier molecular flexibility index (Phi) is 7.37. The monoisotopic (exact) mass is 269 g/mol. The number of hydrogen-bond acceptors (Lipinski definition) is 6. The van der Waals surface area contributed by atoms with Crippen molar-refractivity contribution < 1.29 is 24.2 Å². The number of amides is 1. The highest BCUT2D eigenvalue weighted by Crippen LogP contribution is 1.93. The van der Waals surface area contributed by atoms with Crippen molar-refractivity contribution in [1.82, 2.24) is 10.6 Å². The molecule has 0 aromatic carbocycles. The van der Waals surface area contributed by atoms with E-state index in [0.717, 1.165) is 6.20 Å². The molecule has 1 amide bonds. The van der Waals surface area contributed by atoms with Crippen LogP contribution in [0, 0.1) is 11.3 Å². The zero-order chi connectivity index (χ0) is 14.8. The van der Waals surface area contributed by atoms with E-state index in [2.05, 4.69) is 15.4 Å². The highest BCUT2D eigenvalue weighted by molar-refractivity contribution is 5.99. The molecule has 8 heteroatoms. The molecule has 1 unspecified atom stereocenters. The van der Waals surface area contributed by atoms with E-state index >= 15 is 0 Å². The number of aliphatic carboxylic acids is 1. The predicted molar refractivity (Wildman–Crippen MR) is 63.6 cm³/mol. The first-order valence-electron chi connectivity index (χ1n) is 5.36. The van der Waals surface area contributed by atoms with Gasteiger partial charge in [-0.3, -0.25) is 14.4 Å². The van der Waals surface area contributed by atoms with Gasteiger partial charge < -0.3 is 20.5 Å². The molecular weight excluding hydrogens is 254 g/mol. The molecule has 0 heterocycles. The summed E-state index contributed by atoms with van der Waals surface area (Å²) in [5.41, 5.74) is -0.280. The first kappa shape index (κ1) is 16.4. The quantitative estimate of drug-likeness (QED) is 0.237. The number of hydrogen-bond donors (Lipinski definition) is 3. The highest BCUT2D eigenvalue weighted by Gasteiger charge is 2.16. The molecule has 0 saturated heterocycles. The molecule has 1 atom stereocenters. The molecule has 0 saturated carbocycles. The van der Waals surface area contributed by atoms with Crippen LogP contribution in [-0.4, -0.2) is 42.6 Å². The lowest BCUT2D eigenvalue weighted by Crippen LogP contribution is -2.39. The molecule has 0 rings (SSSR count). The summed E-state index contributed by atoms with van der Waals surface area (Å²) in [6, 6.07) is 0.528. The van der Waals surface area contributed by atoms with Crippen LogP contribution < -0.4 is 10.6 Å². The van der Waals surface area contributed by atoms with Gasteiger partial charge in [-0.05, 0) is 6.92 Å². The average molecular weight is 269 g/mol. The van der Waals surface area contributed by atoms with Crippen molar-refractivity contribution in [3.63, 3.8) is 0 Å². The third-order valence-electron chi connectivity index (χ3n) is 2.03. The van der Waals surface area contributed by atoms with Crippen LogP contribution in [0.4, 0.5) is 0 Å². The fourth-order valence-electron chi connectivity index (χ4n) is 0.935. The van der Waals surface area contributed by atoms with Gasteiger partial charge in [0.15, 0.2) is 0 Å². The predicted octanol–water partition coefficient (Wildman–Crippen LogP) is -0.864. The van der Waals surface area contributed by atoms with E-state index in [4.69, 9.17) is 10.4 Å². The van der Waals surface area contributed by atoms with Crippen LogP contribution in [0.15, 0.2) is 11.8 Å². The van der Waals surface area contributed by atoms with Crippen LogP contribution in [0.1, 0.15) is 13.3 Å². The van der Waals surface area contributed by atoms with Crippen molar-refractivity contribution in [3.05, 3.63) is 11.8 Å². The van der Waals surface area contributed by atoms with Gasteiger partial charge in [-0.25, -0.2) is 0 Å². The number of methoxy groups -OCH3 is 1. The third-order valence-corrected chi connectivity index (χ3v) is 2.03. The van der Waals surface area contributed by atoms with Crippen molar-refractivity contribution in [2.24, 2.45) is 0 Å². The molecule has 0 spiro atoms. The van der Waals surface area contributed by atoms with E-state index in [-0.39, 0.29) is 18.5 Å². The molecule has 0 fully saturated rings. The molecule has 0 aliphatic heterocycles. The number of nitriles is 1. The standard InChI is InChI=1S/C11H15N3O5/c1-7(11(17)18)14-10(16)8(5-12)6-13-4-3-9(15)19-2/h6-7,13H,3-4H2,1-2H3,(H,14,16)(H,17,18)/b8-6-. The van der Waals surface area contributed by atoms with Crippen LogP contribution in [0.5, 0.6) is 0 Å². The van der Waals surface area contributed by atoms with Crippen molar-refractivity contribution in [1.29, 1.82) is 5.26 Å². The minimum Gasteiger partial charge on any atom is -0.480 e. The first-order chi connectivity index (χ1) is 8.92. The molecule has 104 valence electrons. The molecule has 19 heavy (non-hydrogen) atoms. The van der Waals surface area contributed by atoms with Crippen LogP contribution in [0.2, 0.25) is 0 Å². The minimum absolute atomic E-state index is 0.0822. The SMILES string of the molecule is COC(=O)CCN/C=C(/C#N)C(=O)NC(C)C(=O)O. The zero-order valence-corrected chi connectivity index (χ0v) is 10.6. The maximum Gasteiger partial charge on any atom is 0.325 e. The van der Waals surface area contributed by atoms with Gasteiger partial charge in [-0.2, -0.15) is 5.26 Å². The number of carbonyl (C=O) groups is 3.